The highest BCUT2D eigenvalue weighted by atomic mass is 35.5. The Morgan fingerprint density at radius 3 is 2.50 bits per heavy atom. The van der Waals surface area contributed by atoms with Crippen molar-refractivity contribution in [3.63, 3.8) is 0 Å². The lowest BCUT2D eigenvalue weighted by Gasteiger charge is -2.26. The van der Waals surface area contributed by atoms with Gasteiger partial charge in [-0.3, -0.25) is 0 Å². The molecule has 0 atom stereocenters. The van der Waals surface area contributed by atoms with E-state index in [1.165, 1.54) is 4.90 Å². The zero-order valence-electron chi connectivity index (χ0n) is 9.21. The van der Waals surface area contributed by atoms with E-state index in [4.69, 9.17) is 23.2 Å². The highest BCUT2D eigenvalue weighted by Crippen LogP contribution is 2.36. The van der Waals surface area contributed by atoms with Gasteiger partial charge in [-0.25, -0.2) is 9.97 Å². The summed E-state index contributed by atoms with van der Waals surface area (Å²) < 4.78 is 37.7. The Balaban J connectivity index is 2.33. The first-order valence-electron chi connectivity index (χ1n) is 5.31. The van der Waals surface area contributed by atoms with Crippen LogP contribution in [0.3, 0.4) is 0 Å². The predicted octanol–water partition coefficient (Wildman–Crippen LogP) is 3.40. The lowest BCUT2D eigenvalue weighted by molar-refractivity contribution is -0.120. The minimum absolute atomic E-state index is 0.0178. The van der Waals surface area contributed by atoms with Gasteiger partial charge in [0.1, 0.15) is 23.8 Å². The summed E-state index contributed by atoms with van der Waals surface area (Å²) in [6.45, 7) is -1.05. The Morgan fingerprint density at radius 2 is 2.00 bits per heavy atom. The van der Waals surface area contributed by atoms with E-state index in [1.54, 1.807) is 0 Å². The van der Waals surface area contributed by atoms with E-state index in [-0.39, 0.29) is 22.9 Å². The van der Waals surface area contributed by atoms with Gasteiger partial charge in [0, 0.05) is 11.6 Å². The molecule has 0 amide bonds. The molecule has 3 nitrogen and oxygen atoms in total. The van der Waals surface area contributed by atoms with Crippen molar-refractivity contribution in [2.75, 3.05) is 11.4 Å². The first-order chi connectivity index (χ1) is 8.42. The van der Waals surface area contributed by atoms with Gasteiger partial charge in [-0.2, -0.15) is 13.2 Å². The van der Waals surface area contributed by atoms with Gasteiger partial charge in [0.25, 0.3) is 0 Å². The molecule has 1 aromatic rings. The Hall–Kier alpha value is -0.750. The van der Waals surface area contributed by atoms with Crippen LogP contribution >= 0.6 is 23.2 Å². The van der Waals surface area contributed by atoms with Crippen molar-refractivity contribution in [1.29, 1.82) is 0 Å². The molecule has 0 spiro atoms. The number of nitrogens with zero attached hydrogens (tertiary/aromatic N) is 3. The van der Waals surface area contributed by atoms with E-state index in [0.29, 0.717) is 5.56 Å². The number of rotatable bonds is 4. The maximum absolute atomic E-state index is 12.6. The normalized spacial score (nSPS) is 15.8. The molecule has 0 bridgehead atoms. The number of hydrogen-bond acceptors (Lipinski definition) is 3. The van der Waals surface area contributed by atoms with Crippen molar-refractivity contribution in [3.8, 4) is 0 Å². The van der Waals surface area contributed by atoms with Crippen LogP contribution in [0.5, 0.6) is 0 Å². The van der Waals surface area contributed by atoms with E-state index < -0.39 is 12.7 Å². The minimum Gasteiger partial charge on any atom is -0.344 e. The zero-order valence-corrected chi connectivity index (χ0v) is 10.7. The highest BCUT2D eigenvalue weighted by Gasteiger charge is 2.39. The van der Waals surface area contributed by atoms with Crippen LogP contribution < -0.4 is 4.90 Å². The molecule has 8 heteroatoms. The molecule has 2 rings (SSSR count). The van der Waals surface area contributed by atoms with Crippen LogP contribution in [-0.2, 0) is 5.88 Å². The van der Waals surface area contributed by atoms with Crippen LogP contribution in [0.1, 0.15) is 18.4 Å². The van der Waals surface area contributed by atoms with E-state index in [9.17, 15) is 13.2 Å². The van der Waals surface area contributed by atoms with Crippen molar-refractivity contribution in [2.24, 2.45) is 0 Å². The molecule has 0 unspecified atom stereocenters. The van der Waals surface area contributed by atoms with Gasteiger partial charge < -0.3 is 4.90 Å². The third kappa shape index (κ3) is 3.17. The number of halogens is 5. The SMILES string of the molecule is FC(F)(F)CN(c1ncnc(Cl)c1CCl)C1CC1. The fraction of sp³-hybridized carbons (Fsp3) is 0.600. The summed E-state index contributed by atoms with van der Waals surface area (Å²) in [6, 6.07) is -0.139. The summed E-state index contributed by atoms with van der Waals surface area (Å²) in [5.74, 6) is 0.167. The molecule has 1 aromatic heterocycles. The second-order valence-electron chi connectivity index (χ2n) is 4.07. The van der Waals surface area contributed by atoms with Crippen LogP contribution in [-0.4, -0.2) is 28.7 Å². The summed E-state index contributed by atoms with van der Waals surface area (Å²) in [7, 11) is 0. The monoisotopic (exact) mass is 299 g/mol. The Labute approximate surface area is 112 Å². The molecule has 0 radical (unpaired) electrons. The average molecular weight is 300 g/mol. The highest BCUT2D eigenvalue weighted by molar-refractivity contribution is 6.31. The maximum atomic E-state index is 12.6. The van der Waals surface area contributed by atoms with Crippen molar-refractivity contribution < 1.29 is 13.2 Å². The zero-order chi connectivity index (χ0) is 13.3. The van der Waals surface area contributed by atoms with Gasteiger partial charge in [-0.15, -0.1) is 11.6 Å². The Morgan fingerprint density at radius 1 is 1.33 bits per heavy atom. The van der Waals surface area contributed by atoms with Gasteiger partial charge >= 0.3 is 6.18 Å². The van der Waals surface area contributed by atoms with E-state index in [2.05, 4.69) is 9.97 Å². The van der Waals surface area contributed by atoms with Gasteiger partial charge in [-0.1, -0.05) is 11.6 Å². The summed E-state index contributed by atoms with van der Waals surface area (Å²) in [5, 5.41) is 0.0998. The van der Waals surface area contributed by atoms with Crippen molar-refractivity contribution >= 4 is 29.0 Å². The van der Waals surface area contributed by atoms with Crippen LogP contribution in [0.4, 0.5) is 19.0 Å². The van der Waals surface area contributed by atoms with Crippen molar-refractivity contribution in [2.45, 2.75) is 30.9 Å². The van der Waals surface area contributed by atoms with Gasteiger partial charge in [0.05, 0.1) is 5.88 Å². The molecular weight excluding hydrogens is 290 g/mol. The first-order valence-corrected chi connectivity index (χ1v) is 6.22. The van der Waals surface area contributed by atoms with Gasteiger partial charge in [0.15, 0.2) is 0 Å². The van der Waals surface area contributed by atoms with Crippen molar-refractivity contribution in [3.05, 3.63) is 17.0 Å². The van der Waals surface area contributed by atoms with Crippen LogP contribution in [0.15, 0.2) is 6.33 Å². The molecule has 1 saturated carbocycles. The third-order valence-electron chi connectivity index (χ3n) is 2.61. The first kappa shape index (κ1) is 13.7. The van der Waals surface area contributed by atoms with Crippen LogP contribution in [0, 0.1) is 0 Å². The topological polar surface area (TPSA) is 29.0 Å². The molecular formula is C10H10Cl2F3N3. The Kier molecular flexibility index (Phi) is 3.87. The molecule has 1 aliphatic carbocycles. The molecule has 0 N–H and O–H groups in total. The molecule has 0 aliphatic heterocycles. The summed E-state index contributed by atoms with van der Waals surface area (Å²) in [5.41, 5.74) is 0.344. The standard InChI is InChI=1S/C10H10Cl2F3N3/c11-3-7-8(12)16-5-17-9(7)18(6-1-2-6)4-10(13,14)15/h5-6H,1-4H2. The summed E-state index contributed by atoms with van der Waals surface area (Å²) in [4.78, 5) is 8.85. The summed E-state index contributed by atoms with van der Waals surface area (Å²) in [6.07, 6.45) is -1.69. The Bertz CT molecular complexity index is 435. The minimum atomic E-state index is -4.29. The predicted molar refractivity (Wildman–Crippen MR) is 63.0 cm³/mol. The van der Waals surface area contributed by atoms with Crippen LogP contribution in [0.25, 0.3) is 0 Å². The molecule has 1 fully saturated rings. The maximum Gasteiger partial charge on any atom is 0.405 e. The van der Waals surface area contributed by atoms with E-state index in [1.807, 2.05) is 0 Å². The van der Waals surface area contributed by atoms with E-state index >= 15 is 0 Å². The number of aromatic nitrogens is 2. The van der Waals surface area contributed by atoms with Crippen molar-refractivity contribution in [1.82, 2.24) is 9.97 Å². The molecule has 1 heterocycles. The number of anilines is 1. The number of alkyl halides is 4. The number of hydrogen-bond donors (Lipinski definition) is 0. The third-order valence-corrected chi connectivity index (χ3v) is 3.21. The van der Waals surface area contributed by atoms with Gasteiger partial charge in [-0.05, 0) is 12.8 Å². The van der Waals surface area contributed by atoms with E-state index in [0.717, 1.165) is 19.2 Å². The summed E-state index contributed by atoms with van der Waals surface area (Å²) >= 11 is 11.5. The molecule has 0 saturated heterocycles. The molecule has 1 aliphatic rings. The fourth-order valence-electron chi connectivity index (χ4n) is 1.70. The fourth-order valence-corrected chi connectivity index (χ4v) is 2.21. The molecule has 0 aromatic carbocycles. The lowest BCUT2D eigenvalue weighted by Crippen LogP contribution is -2.37. The molecule has 18 heavy (non-hydrogen) atoms. The van der Waals surface area contributed by atoms with Gasteiger partial charge in [0.2, 0.25) is 0 Å². The lowest BCUT2D eigenvalue weighted by atomic mass is 10.3. The average Bonchev–Trinajstić information content (AvgIpc) is 3.08. The quantitative estimate of drug-likeness (QED) is 0.630. The largest absolute Gasteiger partial charge is 0.405 e. The smallest absolute Gasteiger partial charge is 0.344 e. The van der Waals surface area contributed by atoms with Crippen LogP contribution in [0.2, 0.25) is 5.15 Å². The second-order valence-corrected chi connectivity index (χ2v) is 4.70. The second kappa shape index (κ2) is 5.09. The molecule has 100 valence electrons.